The van der Waals surface area contributed by atoms with Gasteiger partial charge in [-0.15, -0.1) is 0 Å². The van der Waals surface area contributed by atoms with Crippen molar-refractivity contribution in [1.82, 2.24) is 0 Å². The SMILES string of the molecule is Cc1cc(OC(=O)C2=CCCC=C2)ccc1C(=O)OCC1OC(O)CC(O)C1O. The van der Waals surface area contributed by atoms with Crippen LogP contribution < -0.4 is 4.74 Å². The second-order valence-corrected chi connectivity index (χ2v) is 7.03. The molecule has 0 spiro atoms. The van der Waals surface area contributed by atoms with Crippen LogP contribution in [0.1, 0.15) is 35.2 Å². The Morgan fingerprint density at radius 2 is 1.97 bits per heavy atom. The number of aryl methyl sites for hydroxylation is 1. The molecule has 29 heavy (non-hydrogen) atoms. The summed E-state index contributed by atoms with van der Waals surface area (Å²) in [6.45, 7) is 1.35. The number of aliphatic hydroxyl groups excluding tert-OH is 3. The average molecular weight is 404 g/mol. The third-order valence-electron chi connectivity index (χ3n) is 4.79. The molecule has 1 aliphatic heterocycles. The molecular weight excluding hydrogens is 380 g/mol. The summed E-state index contributed by atoms with van der Waals surface area (Å²) in [5.41, 5.74) is 1.29. The molecular formula is C21H24O8. The first-order chi connectivity index (χ1) is 13.8. The standard InChI is InChI=1S/C21H24O8/c1-12-9-14(28-20(25)13-5-3-2-4-6-13)7-8-15(12)21(26)27-11-17-19(24)16(22)10-18(23)29-17/h3,5-9,16-19,22-24H,2,4,10-11H2,1H3. The van der Waals surface area contributed by atoms with Crippen LogP contribution in [-0.4, -0.2) is 58.5 Å². The first-order valence-corrected chi connectivity index (χ1v) is 9.41. The zero-order valence-corrected chi connectivity index (χ0v) is 16.0. The predicted octanol–water partition coefficient (Wildman–Crippen LogP) is 1.16. The zero-order valence-electron chi connectivity index (χ0n) is 16.0. The molecule has 8 nitrogen and oxygen atoms in total. The van der Waals surface area contributed by atoms with Crippen molar-refractivity contribution in [3.63, 3.8) is 0 Å². The lowest BCUT2D eigenvalue weighted by Crippen LogP contribution is -2.50. The molecule has 1 heterocycles. The van der Waals surface area contributed by atoms with E-state index in [1.807, 2.05) is 12.2 Å². The number of carbonyl (C=O) groups is 2. The van der Waals surface area contributed by atoms with Gasteiger partial charge in [-0.3, -0.25) is 0 Å². The Morgan fingerprint density at radius 1 is 1.17 bits per heavy atom. The Bertz CT molecular complexity index is 828. The molecule has 0 bridgehead atoms. The number of rotatable bonds is 5. The Balaban J connectivity index is 1.59. The highest BCUT2D eigenvalue weighted by atomic mass is 16.6. The molecule has 0 radical (unpaired) electrons. The van der Waals surface area contributed by atoms with E-state index in [-0.39, 0.29) is 18.6 Å². The Hall–Kier alpha value is -2.52. The Morgan fingerprint density at radius 3 is 2.66 bits per heavy atom. The topological polar surface area (TPSA) is 123 Å². The maximum Gasteiger partial charge on any atom is 0.343 e. The van der Waals surface area contributed by atoms with Gasteiger partial charge in [-0.05, 0) is 43.5 Å². The number of benzene rings is 1. The van der Waals surface area contributed by atoms with Crippen LogP contribution in [-0.2, 0) is 14.3 Å². The van der Waals surface area contributed by atoms with Gasteiger partial charge in [-0.2, -0.15) is 0 Å². The van der Waals surface area contributed by atoms with Crippen LogP contribution in [0.2, 0.25) is 0 Å². The molecule has 4 atom stereocenters. The van der Waals surface area contributed by atoms with Gasteiger partial charge in [0.15, 0.2) is 6.29 Å². The fourth-order valence-corrected chi connectivity index (χ4v) is 3.16. The fourth-order valence-electron chi connectivity index (χ4n) is 3.16. The van der Waals surface area contributed by atoms with E-state index in [9.17, 15) is 24.9 Å². The third kappa shape index (κ3) is 5.30. The van der Waals surface area contributed by atoms with Crippen LogP contribution in [0, 0.1) is 6.92 Å². The van der Waals surface area contributed by atoms with E-state index in [4.69, 9.17) is 14.2 Å². The van der Waals surface area contributed by atoms with Gasteiger partial charge in [0.2, 0.25) is 0 Å². The number of hydrogen-bond acceptors (Lipinski definition) is 8. The second-order valence-electron chi connectivity index (χ2n) is 7.03. The molecule has 1 aromatic carbocycles. The van der Waals surface area contributed by atoms with Crippen LogP contribution in [0.3, 0.4) is 0 Å². The van der Waals surface area contributed by atoms with Gasteiger partial charge in [0.05, 0.1) is 17.2 Å². The lowest BCUT2D eigenvalue weighted by Gasteiger charge is -2.34. The van der Waals surface area contributed by atoms with Gasteiger partial charge in [-0.25, -0.2) is 9.59 Å². The lowest BCUT2D eigenvalue weighted by atomic mass is 10.0. The molecule has 1 aromatic rings. The minimum Gasteiger partial charge on any atom is -0.459 e. The molecule has 3 rings (SSSR count). The summed E-state index contributed by atoms with van der Waals surface area (Å²) in [6, 6.07) is 4.53. The van der Waals surface area contributed by atoms with E-state index < -0.39 is 36.5 Å². The van der Waals surface area contributed by atoms with E-state index in [2.05, 4.69) is 0 Å². The van der Waals surface area contributed by atoms with Crippen LogP contribution in [0.4, 0.5) is 0 Å². The van der Waals surface area contributed by atoms with E-state index in [0.29, 0.717) is 16.9 Å². The van der Waals surface area contributed by atoms with E-state index in [1.54, 1.807) is 19.1 Å². The molecule has 2 aliphatic rings. The number of esters is 2. The highest BCUT2D eigenvalue weighted by Crippen LogP contribution is 2.22. The number of ether oxygens (including phenoxy) is 3. The number of hydrogen-bond donors (Lipinski definition) is 3. The number of allylic oxidation sites excluding steroid dienone is 2. The van der Waals surface area contributed by atoms with Crippen molar-refractivity contribution in [1.29, 1.82) is 0 Å². The van der Waals surface area contributed by atoms with Crippen LogP contribution >= 0.6 is 0 Å². The summed E-state index contributed by atoms with van der Waals surface area (Å²) in [5.74, 6) is -0.818. The highest BCUT2D eigenvalue weighted by molar-refractivity contribution is 5.94. The first-order valence-electron chi connectivity index (χ1n) is 9.41. The number of aliphatic hydroxyl groups is 3. The van der Waals surface area contributed by atoms with Gasteiger partial charge >= 0.3 is 11.9 Å². The molecule has 1 saturated heterocycles. The predicted molar refractivity (Wildman–Crippen MR) is 101 cm³/mol. The van der Waals surface area contributed by atoms with Gasteiger partial charge in [0.1, 0.15) is 24.6 Å². The fraction of sp³-hybridized carbons (Fsp3) is 0.429. The summed E-state index contributed by atoms with van der Waals surface area (Å²) >= 11 is 0. The third-order valence-corrected chi connectivity index (χ3v) is 4.79. The quantitative estimate of drug-likeness (QED) is 0.494. The monoisotopic (exact) mass is 404 g/mol. The summed E-state index contributed by atoms with van der Waals surface area (Å²) in [5, 5.41) is 29.1. The summed E-state index contributed by atoms with van der Waals surface area (Å²) in [4.78, 5) is 24.5. The summed E-state index contributed by atoms with van der Waals surface area (Å²) < 4.78 is 15.6. The summed E-state index contributed by atoms with van der Waals surface area (Å²) in [6.07, 6.45) is 2.33. The largest absolute Gasteiger partial charge is 0.459 e. The van der Waals surface area contributed by atoms with Gasteiger partial charge in [0.25, 0.3) is 0 Å². The molecule has 156 valence electrons. The van der Waals surface area contributed by atoms with Crippen LogP contribution in [0.15, 0.2) is 42.0 Å². The van der Waals surface area contributed by atoms with E-state index in [0.717, 1.165) is 12.8 Å². The molecule has 1 aliphatic carbocycles. The molecule has 3 N–H and O–H groups in total. The van der Waals surface area contributed by atoms with Crippen molar-refractivity contribution >= 4 is 11.9 Å². The van der Waals surface area contributed by atoms with Gasteiger partial charge in [-0.1, -0.05) is 18.2 Å². The average Bonchev–Trinajstić information content (AvgIpc) is 2.70. The van der Waals surface area contributed by atoms with Crippen molar-refractivity contribution in [3.8, 4) is 5.75 Å². The minimum atomic E-state index is -1.27. The molecule has 0 aromatic heterocycles. The zero-order chi connectivity index (χ0) is 21.0. The van der Waals surface area contributed by atoms with Gasteiger partial charge < -0.3 is 29.5 Å². The molecule has 4 unspecified atom stereocenters. The minimum absolute atomic E-state index is 0.113. The van der Waals surface area contributed by atoms with E-state index >= 15 is 0 Å². The number of carbonyl (C=O) groups excluding carboxylic acids is 2. The molecule has 8 heteroatoms. The second kappa shape index (κ2) is 9.32. The van der Waals surface area contributed by atoms with Crippen LogP contribution in [0.25, 0.3) is 0 Å². The lowest BCUT2D eigenvalue weighted by molar-refractivity contribution is -0.239. The maximum absolute atomic E-state index is 12.3. The molecule has 1 fully saturated rings. The van der Waals surface area contributed by atoms with Crippen molar-refractivity contribution < 1.29 is 39.1 Å². The smallest absolute Gasteiger partial charge is 0.343 e. The van der Waals surface area contributed by atoms with Gasteiger partial charge in [0, 0.05) is 6.42 Å². The Kier molecular flexibility index (Phi) is 6.81. The normalized spacial score (nSPS) is 26.6. The molecule has 0 amide bonds. The van der Waals surface area contributed by atoms with E-state index in [1.165, 1.54) is 12.1 Å². The van der Waals surface area contributed by atoms with Crippen molar-refractivity contribution in [2.75, 3.05) is 6.61 Å². The van der Waals surface area contributed by atoms with Crippen LogP contribution in [0.5, 0.6) is 5.75 Å². The maximum atomic E-state index is 12.3. The molecule has 0 saturated carbocycles. The highest BCUT2D eigenvalue weighted by Gasteiger charge is 2.36. The Labute approximate surface area is 168 Å². The first kappa shape index (κ1) is 21.2. The van der Waals surface area contributed by atoms with Crippen molar-refractivity contribution in [2.24, 2.45) is 0 Å². The summed E-state index contributed by atoms with van der Waals surface area (Å²) in [7, 11) is 0. The van der Waals surface area contributed by atoms with Crippen molar-refractivity contribution in [3.05, 3.63) is 53.1 Å². The van der Waals surface area contributed by atoms with Crippen molar-refractivity contribution in [2.45, 2.75) is 50.8 Å².